The number of aliphatic carboxylic acids is 2. The largest absolute Gasteiger partial charge is 0.478 e. The van der Waals surface area contributed by atoms with Crippen LogP contribution in [0.3, 0.4) is 0 Å². The van der Waals surface area contributed by atoms with Gasteiger partial charge in [-0.05, 0) is 11.1 Å². The highest BCUT2D eigenvalue weighted by atomic mass is 16.4. The summed E-state index contributed by atoms with van der Waals surface area (Å²) in [6.07, 6.45) is 0. The predicted octanol–water partition coefficient (Wildman–Crippen LogP) is 2.77. The first-order valence-corrected chi connectivity index (χ1v) is 5.93. The first-order valence-electron chi connectivity index (χ1n) is 5.93. The zero-order valence-electron chi connectivity index (χ0n) is 10.5. The van der Waals surface area contributed by atoms with Crippen LogP contribution in [0, 0.1) is 0 Å². The SMILES string of the molecule is O=C(O)/C(=C(\C(=O)O)c1ccccc1)c1ccccc1. The van der Waals surface area contributed by atoms with E-state index in [1.807, 2.05) is 0 Å². The maximum Gasteiger partial charge on any atom is 0.337 e. The van der Waals surface area contributed by atoms with Crippen LogP contribution < -0.4 is 0 Å². The Morgan fingerprint density at radius 2 is 0.900 bits per heavy atom. The molecule has 0 atom stereocenters. The van der Waals surface area contributed by atoms with E-state index in [0.29, 0.717) is 11.1 Å². The van der Waals surface area contributed by atoms with Gasteiger partial charge in [0, 0.05) is 0 Å². The van der Waals surface area contributed by atoms with Crippen molar-refractivity contribution in [2.45, 2.75) is 0 Å². The normalized spacial score (nSPS) is 11.6. The van der Waals surface area contributed by atoms with Gasteiger partial charge in [0.1, 0.15) is 0 Å². The van der Waals surface area contributed by atoms with Gasteiger partial charge in [0.15, 0.2) is 0 Å². The predicted molar refractivity (Wildman–Crippen MR) is 75.0 cm³/mol. The van der Waals surface area contributed by atoms with Gasteiger partial charge in [-0.15, -0.1) is 0 Å². The van der Waals surface area contributed by atoms with Crippen LogP contribution in [0.5, 0.6) is 0 Å². The van der Waals surface area contributed by atoms with Gasteiger partial charge in [0.25, 0.3) is 0 Å². The quantitative estimate of drug-likeness (QED) is 0.660. The summed E-state index contributed by atoms with van der Waals surface area (Å²) in [7, 11) is 0. The van der Waals surface area contributed by atoms with E-state index in [-0.39, 0.29) is 11.1 Å². The van der Waals surface area contributed by atoms with Crippen molar-refractivity contribution in [3.63, 3.8) is 0 Å². The summed E-state index contributed by atoms with van der Waals surface area (Å²) in [5, 5.41) is 18.8. The van der Waals surface area contributed by atoms with Crippen LogP contribution in [0.25, 0.3) is 11.1 Å². The summed E-state index contributed by atoms with van der Waals surface area (Å²) in [5.41, 5.74) is 0.288. The van der Waals surface area contributed by atoms with Crippen LogP contribution in [-0.4, -0.2) is 22.2 Å². The van der Waals surface area contributed by atoms with Crippen LogP contribution in [0.2, 0.25) is 0 Å². The minimum atomic E-state index is -1.27. The van der Waals surface area contributed by atoms with Gasteiger partial charge in [0.05, 0.1) is 11.1 Å². The van der Waals surface area contributed by atoms with Gasteiger partial charge in [-0.25, -0.2) is 9.59 Å². The second-order valence-electron chi connectivity index (χ2n) is 4.09. The number of benzene rings is 2. The Bertz CT molecular complexity index is 598. The molecule has 0 aliphatic heterocycles. The molecule has 2 N–H and O–H groups in total. The molecular formula is C16H12O4. The molecular weight excluding hydrogens is 256 g/mol. The summed E-state index contributed by atoms with van der Waals surface area (Å²) in [6, 6.07) is 16.5. The summed E-state index contributed by atoms with van der Waals surface area (Å²) >= 11 is 0. The smallest absolute Gasteiger partial charge is 0.337 e. The van der Waals surface area contributed by atoms with Crippen molar-refractivity contribution in [3.05, 3.63) is 71.8 Å². The fourth-order valence-corrected chi connectivity index (χ4v) is 1.96. The molecule has 0 amide bonds. The Balaban J connectivity index is 2.74. The highest BCUT2D eigenvalue weighted by molar-refractivity contribution is 6.36. The van der Waals surface area contributed by atoms with E-state index in [1.165, 1.54) is 0 Å². The number of carboxylic acids is 2. The fraction of sp³-hybridized carbons (Fsp3) is 0. The summed E-state index contributed by atoms with van der Waals surface area (Å²) in [6.45, 7) is 0. The van der Waals surface area contributed by atoms with Gasteiger partial charge in [-0.1, -0.05) is 60.7 Å². The highest BCUT2D eigenvalue weighted by Crippen LogP contribution is 2.26. The van der Waals surface area contributed by atoms with Crippen molar-refractivity contribution in [1.82, 2.24) is 0 Å². The molecule has 0 aliphatic rings. The second-order valence-corrected chi connectivity index (χ2v) is 4.09. The summed E-state index contributed by atoms with van der Waals surface area (Å²) in [5.74, 6) is -2.53. The minimum absolute atomic E-state index is 0.218. The van der Waals surface area contributed by atoms with Crippen LogP contribution in [0.4, 0.5) is 0 Å². The lowest BCUT2D eigenvalue weighted by molar-refractivity contribution is -0.132. The van der Waals surface area contributed by atoms with Crippen molar-refractivity contribution in [2.75, 3.05) is 0 Å². The lowest BCUT2D eigenvalue weighted by Crippen LogP contribution is -2.10. The van der Waals surface area contributed by atoms with Gasteiger partial charge < -0.3 is 10.2 Å². The molecule has 20 heavy (non-hydrogen) atoms. The van der Waals surface area contributed by atoms with Crippen LogP contribution >= 0.6 is 0 Å². The topological polar surface area (TPSA) is 74.6 Å². The number of hydrogen-bond acceptors (Lipinski definition) is 2. The lowest BCUT2D eigenvalue weighted by atomic mass is 9.94. The standard InChI is InChI=1S/C16H12O4/c17-15(18)13(11-7-3-1-4-8-11)14(16(19)20)12-9-5-2-6-10-12/h1-10H,(H,17,18)(H,19,20)/b14-13-. The third kappa shape index (κ3) is 2.75. The molecule has 0 unspecified atom stereocenters. The van der Waals surface area contributed by atoms with E-state index < -0.39 is 11.9 Å². The first-order chi connectivity index (χ1) is 9.61. The van der Waals surface area contributed by atoms with Crippen molar-refractivity contribution in [2.24, 2.45) is 0 Å². The van der Waals surface area contributed by atoms with Gasteiger partial charge >= 0.3 is 11.9 Å². The molecule has 2 aromatic rings. The molecule has 4 heteroatoms. The second kappa shape index (κ2) is 5.84. The monoisotopic (exact) mass is 268 g/mol. The highest BCUT2D eigenvalue weighted by Gasteiger charge is 2.23. The zero-order valence-corrected chi connectivity index (χ0v) is 10.5. The van der Waals surface area contributed by atoms with Crippen LogP contribution in [-0.2, 0) is 9.59 Å². The van der Waals surface area contributed by atoms with Crippen molar-refractivity contribution in [1.29, 1.82) is 0 Å². The number of hydrogen-bond donors (Lipinski definition) is 2. The van der Waals surface area contributed by atoms with E-state index in [1.54, 1.807) is 60.7 Å². The summed E-state index contributed by atoms with van der Waals surface area (Å²) in [4.78, 5) is 23.0. The van der Waals surface area contributed by atoms with E-state index >= 15 is 0 Å². The molecule has 0 aromatic heterocycles. The molecule has 0 aliphatic carbocycles. The average Bonchev–Trinajstić information content (AvgIpc) is 2.45. The van der Waals surface area contributed by atoms with Crippen LogP contribution in [0.1, 0.15) is 11.1 Å². The third-order valence-corrected chi connectivity index (χ3v) is 2.80. The van der Waals surface area contributed by atoms with E-state index in [2.05, 4.69) is 0 Å². The fourth-order valence-electron chi connectivity index (χ4n) is 1.96. The Labute approximate surface area is 115 Å². The number of carbonyl (C=O) groups is 2. The third-order valence-electron chi connectivity index (χ3n) is 2.80. The molecule has 0 spiro atoms. The summed E-state index contributed by atoms with van der Waals surface area (Å²) < 4.78 is 0. The van der Waals surface area contributed by atoms with Gasteiger partial charge in [0.2, 0.25) is 0 Å². The average molecular weight is 268 g/mol. The first kappa shape index (κ1) is 13.5. The van der Waals surface area contributed by atoms with Crippen molar-refractivity contribution < 1.29 is 19.8 Å². The maximum atomic E-state index is 11.5. The Morgan fingerprint density at radius 3 is 1.15 bits per heavy atom. The molecule has 0 bridgehead atoms. The number of rotatable bonds is 4. The Hall–Kier alpha value is -2.88. The van der Waals surface area contributed by atoms with E-state index in [9.17, 15) is 19.8 Å². The zero-order chi connectivity index (χ0) is 14.5. The molecule has 0 saturated heterocycles. The molecule has 0 fully saturated rings. The Kier molecular flexibility index (Phi) is 3.96. The molecule has 2 rings (SSSR count). The minimum Gasteiger partial charge on any atom is -0.478 e. The van der Waals surface area contributed by atoms with Crippen molar-refractivity contribution >= 4 is 23.1 Å². The Morgan fingerprint density at radius 1 is 0.600 bits per heavy atom. The van der Waals surface area contributed by atoms with E-state index in [0.717, 1.165) is 0 Å². The van der Waals surface area contributed by atoms with E-state index in [4.69, 9.17) is 0 Å². The maximum absolute atomic E-state index is 11.5. The number of carboxylic acid groups (broad SMARTS) is 2. The van der Waals surface area contributed by atoms with Gasteiger partial charge in [-0.3, -0.25) is 0 Å². The molecule has 0 saturated carbocycles. The van der Waals surface area contributed by atoms with Gasteiger partial charge in [-0.2, -0.15) is 0 Å². The van der Waals surface area contributed by atoms with Crippen molar-refractivity contribution in [3.8, 4) is 0 Å². The molecule has 100 valence electrons. The lowest BCUT2D eigenvalue weighted by Gasteiger charge is -2.09. The molecule has 0 heterocycles. The van der Waals surface area contributed by atoms with Crippen LogP contribution in [0.15, 0.2) is 60.7 Å². The molecule has 4 nitrogen and oxygen atoms in total. The molecule has 0 radical (unpaired) electrons. The molecule has 2 aromatic carbocycles.